The molecule has 1 aliphatic heterocycles. The summed E-state index contributed by atoms with van der Waals surface area (Å²) in [6, 6.07) is 13.3. The zero-order chi connectivity index (χ0) is 21.0. The molecule has 150 valence electrons. The predicted octanol–water partition coefficient (Wildman–Crippen LogP) is 5.36. The third kappa shape index (κ3) is 2.71. The highest BCUT2D eigenvalue weighted by atomic mass is 16.2. The Balaban J connectivity index is 1.79. The maximum absolute atomic E-state index is 13.8. The Hall–Kier alpha value is -3.54. The molecule has 2 aromatic heterocycles. The highest BCUT2D eigenvalue weighted by Crippen LogP contribution is 2.33. The van der Waals surface area contributed by atoms with Gasteiger partial charge in [-0.3, -0.25) is 4.79 Å². The molecular formula is C24H23N5O. The van der Waals surface area contributed by atoms with Crippen LogP contribution in [-0.4, -0.2) is 30.7 Å². The van der Waals surface area contributed by atoms with E-state index >= 15 is 0 Å². The fourth-order valence-corrected chi connectivity index (χ4v) is 4.13. The monoisotopic (exact) mass is 397 g/mol. The number of imidazole rings is 2. The van der Waals surface area contributed by atoms with Gasteiger partial charge in [0, 0.05) is 0 Å². The van der Waals surface area contributed by atoms with E-state index in [1.54, 1.807) is 4.57 Å². The third-order valence-electron chi connectivity index (χ3n) is 5.53. The number of benzene rings is 2. The van der Waals surface area contributed by atoms with E-state index in [1.165, 1.54) is 5.56 Å². The van der Waals surface area contributed by atoms with Crippen LogP contribution in [0, 0.1) is 0 Å². The van der Waals surface area contributed by atoms with Gasteiger partial charge in [-0.05, 0) is 63.1 Å². The topological polar surface area (TPSA) is 65.1 Å². The molecule has 0 radical (unpaired) electrons. The Morgan fingerprint density at radius 2 is 1.83 bits per heavy atom. The number of para-hydroxylation sites is 2. The average Bonchev–Trinajstić information content (AvgIpc) is 3.25. The molecule has 3 heterocycles. The summed E-state index contributed by atoms with van der Waals surface area (Å²) in [4.78, 5) is 27.9. The van der Waals surface area contributed by atoms with Crippen molar-refractivity contribution in [1.82, 2.24) is 19.1 Å². The molecule has 0 saturated carbocycles. The summed E-state index contributed by atoms with van der Waals surface area (Å²) in [7, 11) is 0. The number of hydrogen-bond donors (Lipinski definition) is 0. The first-order valence-corrected chi connectivity index (χ1v) is 10.2. The van der Waals surface area contributed by atoms with Crippen molar-refractivity contribution >= 4 is 45.7 Å². The largest absolute Gasteiger partial charge is 0.306 e. The van der Waals surface area contributed by atoms with Gasteiger partial charge in [0.15, 0.2) is 6.04 Å². The van der Waals surface area contributed by atoms with Gasteiger partial charge in [0.25, 0.3) is 5.91 Å². The minimum Gasteiger partial charge on any atom is -0.306 e. The maximum Gasteiger partial charge on any atom is 0.263 e. The zero-order valence-electron chi connectivity index (χ0n) is 17.5. The molecule has 0 bridgehead atoms. The molecule has 1 aliphatic rings. The van der Waals surface area contributed by atoms with Crippen molar-refractivity contribution in [2.75, 3.05) is 0 Å². The Morgan fingerprint density at radius 3 is 2.60 bits per heavy atom. The Labute approximate surface area is 174 Å². The smallest absolute Gasteiger partial charge is 0.263 e. The number of aliphatic imine (C=N–C) groups is 1. The molecule has 2 aromatic carbocycles. The predicted molar refractivity (Wildman–Crippen MR) is 121 cm³/mol. The van der Waals surface area contributed by atoms with Gasteiger partial charge in [-0.2, -0.15) is 0 Å². The number of carbonyl (C=O) groups is 1. The van der Waals surface area contributed by atoms with Crippen molar-refractivity contribution in [2.24, 2.45) is 4.99 Å². The van der Waals surface area contributed by atoms with Crippen molar-refractivity contribution in [3.8, 4) is 0 Å². The quantitative estimate of drug-likeness (QED) is 0.467. The molecule has 0 fully saturated rings. The van der Waals surface area contributed by atoms with E-state index in [0.29, 0.717) is 11.7 Å². The molecule has 6 heteroatoms. The maximum atomic E-state index is 13.8. The van der Waals surface area contributed by atoms with Gasteiger partial charge >= 0.3 is 0 Å². The molecular weight excluding hydrogens is 374 g/mol. The third-order valence-corrected chi connectivity index (χ3v) is 5.53. The number of allylic oxidation sites excluding steroid dienone is 1. The summed E-state index contributed by atoms with van der Waals surface area (Å²) in [6.07, 6.45) is 2.94. The fourth-order valence-electron chi connectivity index (χ4n) is 4.13. The Bertz CT molecular complexity index is 1380. The second-order valence-electron chi connectivity index (χ2n) is 7.97. The molecule has 1 unspecified atom stereocenters. The molecule has 4 aromatic rings. The van der Waals surface area contributed by atoms with E-state index in [4.69, 9.17) is 9.98 Å². The first kappa shape index (κ1) is 18.5. The van der Waals surface area contributed by atoms with E-state index in [-0.39, 0.29) is 5.91 Å². The van der Waals surface area contributed by atoms with Gasteiger partial charge in [-0.15, -0.1) is 0 Å². The summed E-state index contributed by atoms with van der Waals surface area (Å²) >= 11 is 0. The van der Waals surface area contributed by atoms with Crippen molar-refractivity contribution in [2.45, 2.75) is 40.2 Å². The van der Waals surface area contributed by atoms with Crippen molar-refractivity contribution < 1.29 is 4.79 Å². The minimum atomic E-state index is -0.571. The standard InChI is InChI=1S/C24H23N5O/c1-5-16-10-11-18-20(13-16)28(21(26-18)12-14(2)3)22-15(4)25-24-27-17-8-6-7-9-19(17)29(24)23(22)30/h6-13,22H,5H2,1-4H3. The van der Waals surface area contributed by atoms with E-state index in [1.807, 2.05) is 61.7 Å². The number of carbonyl (C=O) groups excluding carboxylic acids is 1. The van der Waals surface area contributed by atoms with Crippen molar-refractivity contribution in [3.63, 3.8) is 0 Å². The van der Waals surface area contributed by atoms with Crippen molar-refractivity contribution in [3.05, 3.63) is 59.4 Å². The first-order chi connectivity index (χ1) is 14.5. The molecule has 0 saturated heterocycles. The number of aromatic nitrogens is 4. The number of fused-ring (bicyclic) bond motifs is 4. The van der Waals surface area contributed by atoms with Crippen LogP contribution in [0.4, 0.5) is 5.95 Å². The van der Waals surface area contributed by atoms with Crippen LogP contribution < -0.4 is 0 Å². The molecule has 6 nitrogen and oxygen atoms in total. The molecule has 0 amide bonds. The van der Waals surface area contributed by atoms with Gasteiger partial charge in [0.2, 0.25) is 5.95 Å². The van der Waals surface area contributed by atoms with Gasteiger partial charge in [0.05, 0.1) is 27.8 Å². The van der Waals surface area contributed by atoms with E-state index in [2.05, 4.69) is 24.0 Å². The zero-order valence-corrected chi connectivity index (χ0v) is 17.5. The van der Waals surface area contributed by atoms with Crippen LogP contribution in [0.15, 0.2) is 53.0 Å². The van der Waals surface area contributed by atoms with Crippen molar-refractivity contribution in [1.29, 1.82) is 0 Å². The summed E-state index contributed by atoms with van der Waals surface area (Å²) < 4.78 is 3.66. The second kappa shape index (κ2) is 6.76. The Kier molecular flexibility index (Phi) is 4.17. The highest BCUT2D eigenvalue weighted by Gasteiger charge is 2.35. The van der Waals surface area contributed by atoms with Crippen LogP contribution in [0.2, 0.25) is 0 Å². The Morgan fingerprint density at radius 1 is 1.07 bits per heavy atom. The molecule has 1 atom stereocenters. The summed E-state index contributed by atoms with van der Waals surface area (Å²) in [5.74, 6) is 1.15. The van der Waals surface area contributed by atoms with Gasteiger partial charge in [-0.25, -0.2) is 19.5 Å². The van der Waals surface area contributed by atoms with Gasteiger partial charge in [0.1, 0.15) is 5.82 Å². The first-order valence-electron chi connectivity index (χ1n) is 10.2. The number of aryl methyl sites for hydroxylation is 1. The van der Waals surface area contributed by atoms with Crippen LogP contribution in [0.1, 0.15) is 49.9 Å². The lowest BCUT2D eigenvalue weighted by molar-refractivity contribution is 0.0880. The van der Waals surface area contributed by atoms with Crippen LogP contribution in [0.5, 0.6) is 0 Å². The number of rotatable bonds is 3. The molecule has 0 aliphatic carbocycles. The molecule has 0 spiro atoms. The van der Waals surface area contributed by atoms with E-state index in [9.17, 15) is 4.79 Å². The molecule has 0 N–H and O–H groups in total. The SMILES string of the molecule is CCc1ccc2nc(C=C(C)C)n(C3C(=O)n4c(nc5ccccc54)N=C3C)c2c1. The number of hydrogen-bond acceptors (Lipinski definition) is 4. The van der Waals surface area contributed by atoms with E-state index < -0.39 is 6.04 Å². The van der Waals surface area contributed by atoms with Crippen LogP contribution in [0.25, 0.3) is 28.1 Å². The second-order valence-corrected chi connectivity index (χ2v) is 7.97. The van der Waals surface area contributed by atoms with Crippen LogP contribution in [-0.2, 0) is 6.42 Å². The van der Waals surface area contributed by atoms with Gasteiger partial charge in [-0.1, -0.05) is 30.7 Å². The average molecular weight is 397 g/mol. The normalized spacial score (nSPS) is 16.1. The lowest BCUT2D eigenvalue weighted by Gasteiger charge is -2.24. The van der Waals surface area contributed by atoms with Crippen LogP contribution >= 0.6 is 0 Å². The molecule has 30 heavy (non-hydrogen) atoms. The minimum absolute atomic E-state index is 0.0594. The van der Waals surface area contributed by atoms with Gasteiger partial charge < -0.3 is 4.57 Å². The van der Waals surface area contributed by atoms with E-state index in [0.717, 1.165) is 39.9 Å². The summed E-state index contributed by atoms with van der Waals surface area (Å²) in [5.41, 5.74) is 6.41. The summed E-state index contributed by atoms with van der Waals surface area (Å²) in [6.45, 7) is 8.09. The van der Waals surface area contributed by atoms with Crippen LogP contribution in [0.3, 0.4) is 0 Å². The highest BCUT2D eigenvalue weighted by molar-refractivity contribution is 6.13. The fraction of sp³-hybridized carbons (Fsp3) is 0.250. The lowest BCUT2D eigenvalue weighted by atomic mass is 10.1. The summed E-state index contributed by atoms with van der Waals surface area (Å²) in [5, 5.41) is 0. The lowest BCUT2D eigenvalue weighted by Crippen LogP contribution is -2.33. The number of nitrogens with zero attached hydrogens (tertiary/aromatic N) is 5. The molecule has 5 rings (SSSR count).